The summed E-state index contributed by atoms with van der Waals surface area (Å²) < 4.78 is 5.38. The van der Waals surface area contributed by atoms with E-state index in [9.17, 15) is 9.59 Å². The van der Waals surface area contributed by atoms with Crippen LogP contribution < -0.4 is 0 Å². The van der Waals surface area contributed by atoms with Crippen LogP contribution in [-0.2, 0) is 17.8 Å². The molecule has 0 bridgehead atoms. The SMILES string of the molecule is Cc1c(C(=O)OCc2ccccc2)[nH]c2c1C(=O)CC(C)(C)C2. The Morgan fingerprint density at radius 3 is 2.61 bits per heavy atom. The normalized spacial score (nSPS) is 16.0. The van der Waals surface area contributed by atoms with E-state index in [4.69, 9.17) is 4.74 Å². The van der Waals surface area contributed by atoms with Gasteiger partial charge in [-0.3, -0.25) is 4.79 Å². The number of esters is 1. The van der Waals surface area contributed by atoms with Gasteiger partial charge < -0.3 is 9.72 Å². The summed E-state index contributed by atoms with van der Waals surface area (Å²) in [5.74, 6) is -0.307. The molecular formula is C19H21NO3. The first kappa shape index (κ1) is 15.5. The van der Waals surface area contributed by atoms with Crippen molar-refractivity contribution in [2.75, 3.05) is 0 Å². The molecule has 0 saturated carbocycles. The minimum absolute atomic E-state index is 0.0768. The van der Waals surface area contributed by atoms with E-state index in [0.29, 0.717) is 23.2 Å². The molecule has 0 saturated heterocycles. The van der Waals surface area contributed by atoms with Crippen LogP contribution in [0, 0.1) is 12.3 Å². The molecule has 0 aliphatic heterocycles. The van der Waals surface area contributed by atoms with Crippen molar-refractivity contribution < 1.29 is 14.3 Å². The number of H-pyrrole nitrogens is 1. The third-order valence-electron chi connectivity index (χ3n) is 4.32. The van der Waals surface area contributed by atoms with Crippen LogP contribution in [0.3, 0.4) is 0 Å². The zero-order chi connectivity index (χ0) is 16.6. The maximum Gasteiger partial charge on any atom is 0.355 e. The second-order valence-electron chi connectivity index (χ2n) is 6.98. The summed E-state index contributed by atoms with van der Waals surface area (Å²) in [6, 6.07) is 9.55. The van der Waals surface area contributed by atoms with Gasteiger partial charge >= 0.3 is 5.97 Å². The van der Waals surface area contributed by atoms with Crippen molar-refractivity contribution in [2.45, 2.75) is 40.2 Å². The second kappa shape index (κ2) is 5.69. The Morgan fingerprint density at radius 1 is 1.22 bits per heavy atom. The van der Waals surface area contributed by atoms with E-state index in [2.05, 4.69) is 18.8 Å². The van der Waals surface area contributed by atoms with Gasteiger partial charge in [0.25, 0.3) is 0 Å². The fourth-order valence-corrected chi connectivity index (χ4v) is 3.23. The fourth-order valence-electron chi connectivity index (χ4n) is 3.23. The quantitative estimate of drug-likeness (QED) is 0.876. The molecule has 1 heterocycles. The number of hydrogen-bond donors (Lipinski definition) is 1. The minimum Gasteiger partial charge on any atom is -0.456 e. The van der Waals surface area contributed by atoms with Gasteiger partial charge in [-0.25, -0.2) is 4.79 Å². The van der Waals surface area contributed by atoms with Gasteiger partial charge in [0.15, 0.2) is 5.78 Å². The number of ketones is 1. The number of benzene rings is 1. The minimum atomic E-state index is -0.411. The molecule has 4 nitrogen and oxygen atoms in total. The van der Waals surface area contributed by atoms with Crippen molar-refractivity contribution in [3.63, 3.8) is 0 Å². The zero-order valence-corrected chi connectivity index (χ0v) is 13.7. The fraction of sp³-hybridized carbons (Fsp3) is 0.368. The third-order valence-corrected chi connectivity index (χ3v) is 4.32. The summed E-state index contributed by atoms with van der Waals surface area (Å²) in [7, 11) is 0. The molecule has 0 atom stereocenters. The predicted octanol–water partition coefficient (Wildman–Crippen LogP) is 3.84. The predicted molar refractivity (Wildman–Crippen MR) is 87.5 cm³/mol. The molecule has 1 N–H and O–H groups in total. The van der Waals surface area contributed by atoms with Crippen molar-refractivity contribution in [3.8, 4) is 0 Å². The van der Waals surface area contributed by atoms with Gasteiger partial charge in [-0.05, 0) is 29.9 Å². The van der Waals surface area contributed by atoms with Gasteiger partial charge in [0.2, 0.25) is 0 Å². The number of ether oxygens (including phenoxy) is 1. The highest BCUT2D eigenvalue weighted by molar-refractivity contribution is 6.03. The zero-order valence-electron chi connectivity index (χ0n) is 13.7. The van der Waals surface area contributed by atoms with Crippen LogP contribution in [0.4, 0.5) is 0 Å². The standard InChI is InChI=1S/C19H21NO3/c1-12-16-14(9-19(2,3)10-15(16)21)20-17(12)18(22)23-11-13-7-5-4-6-8-13/h4-8,20H,9-11H2,1-3H3. The lowest BCUT2D eigenvalue weighted by Gasteiger charge is -2.28. The summed E-state index contributed by atoms with van der Waals surface area (Å²) in [6.45, 7) is 6.17. The highest BCUT2D eigenvalue weighted by atomic mass is 16.5. The number of rotatable bonds is 3. The molecule has 4 heteroatoms. The van der Waals surface area contributed by atoms with Crippen molar-refractivity contribution in [1.82, 2.24) is 4.98 Å². The van der Waals surface area contributed by atoms with Crippen LogP contribution in [0.25, 0.3) is 0 Å². The topological polar surface area (TPSA) is 59.2 Å². The molecule has 0 fully saturated rings. The van der Waals surface area contributed by atoms with Crippen LogP contribution in [0.1, 0.15) is 57.9 Å². The maximum atomic E-state index is 12.4. The Morgan fingerprint density at radius 2 is 1.91 bits per heavy atom. The monoisotopic (exact) mass is 311 g/mol. The largest absolute Gasteiger partial charge is 0.456 e. The molecule has 2 aromatic rings. The lowest BCUT2D eigenvalue weighted by molar-refractivity contribution is 0.0465. The summed E-state index contributed by atoms with van der Waals surface area (Å²) in [4.78, 5) is 27.9. The highest BCUT2D eigenvalue weighted by Crippen LogP contribution is 2.36. The Kier molecular flexibility index (Phi) is 3.84. The third kappa shape index (κ3) is 3.07. The molecule has 120 valence electrons. The van der Waals surface area contributed by atoms with Crippen molar-refractivity contribution in [2.24, 2.45) is 5.41 Å². The van der Waals surface area contributed by atoms with E-state index in [1.165, 1.54) is 0 Å². The Bertz CT molecular complexity index is 756. The first-order chi connectivity index (χ1) is 10.9. The molecule has 1 aromatic heterocycles. The Labute approximate surface area is 135 Å². The molecule has 1 aliphatic carbocycles. The van der Waals surface area contributed by atoms with E-state index >= 15 is 0 Å². The number of aromatic amines is 1. The highest BCUT2D eigenvalue weighted by Gasteiger charge is 2.35. The van der Waals surface area contributed by atoms with Crippen molar-refractivity contribution in [1.29, 1.82) is 0 Å². The molecule has 0 unspecified atom stereocenters. The van der Waals surface area contributed by atoms with Gasteiger partial charge in [-0.15, -0.1) is 0 Å². The number of nitrogens with one attached hydrogen (secondary N) is 1. The summed E-state index contributed by atoms with van der Waals surface area (Å²) in [5, 5.41) is 0. The van der Waals surface area contributed by atoms with Gasteiger partial charge in [-0.2, -0.15) is 0 Å². The summed E-state index contributed by atoms with van der Waals surface area (Å²) >= 11 is 0. The van der Waals surface area contributed by atoms with Crippen LogP contribution >= 0.6 is 0 Å². The second-order valence-corrected chi connectivity index (χ2v) is 6.98. The maximum absolute atomic E-state index is 12.4. The first-order valence-corrected chi connectivity index (χ1v) is 7.83. The van der Waals surface area contributed by atoms with E-state index in [0.717, 1.165) is 17.7 Å². The average molecular weight is 311 g/mol. The number of carbonyl (C=O) groups is 2. The van der Waals surface area contributed by atoms with Gasteiger partial charge in [0.05, 0.1) is 0 Å². The summed E-state index contributed by atoms with van der Waals surface area (Å²) in [5.41, 5.74) is 3.50. The molecule has 3 rings (SSSR count). The number of Topliss-reactive ketones (excluding diaryl/α,β-unsaturated/α-hetero) is 1. The molecule has 1 aliphatic rings. The molecule has 0 radical (unpaired) electrons. The van der Waals surface area contributed by atoms with Crippen LogP contribution in [0.2, 0.25) is 0 Å². The number of carbonyl (C=O) groups excluding carboxylic acids is 2. The number of aromatic nitrogens is 1. The Hall–Kier alpha value is -2.36. The van der Waals surface area contributed by atoms with Crippen molar-refractivity contribution >= 4 is 11.8 Å². The lowest BCUT2D eigenvalue weighted by Crippen LogP contribution is -2.26. The molecule has 0 spiro atoms. The van der Waals surface area contributed by atoms with Crippen molar-refractivity contribution in [3.05, 3.63) is 58.4 Å². The Balaban J connectivity index is 1.81. The number of hydrogen-bond acceptors (Lipinski definition) is 3. The van der Waals surface area contributed by atoms with E-state index in [-0.39, 0.29) is 17.8 Å². The first-order valence-electron chi connectivity index (χ1n) is 7.83. The smallest absolute Gasteiger partial charge is 0.355 e. The van der Waals surface area contributed by atoms with Crippen LogP contribution in [0.5, 0.6) is 0 Å². The molecule has 0 amide bonds. The van der Waals surface area contributed by atoms with Gasteiger partial charge in [0, 0.05) is 17.7 Å². The summed E-state index contributed by atoms with van der Waals surface area (Å²) in [6.07, 6.45) is 1.28. The molecule has 1 aromatic carbocycles. The van der Waals surface area contributed by atoms with Gasteiger partial charge in [-0.1, -0.05) is 44.2 Å². The van der Waals surface area contributed by atoms with Crippen LogP contribution in [0.15, 0.2) is 30.3 Å². The molecule has 23 heavy (non-hydrogen) atoms. The van der Waals surface area contributed by atoms with Crippen LogP contribution in [-0.4, -0.2) is 16.7 Å². The lowest BCUT2D eigenvalue weighted by atomic mass is 9.75. The van der Waals surface area contributed by atoms with Gasteiger partial charge in [0.1, 0.15) is 12.3 Å². The van der Waals surface area contributed by atoms with E-state index < -0.39 is 5.97 Å². The average Bonchev–Trinajstić information content (AvgIpc) is 2.81. The van der Waals surface area contributed by atoms with E-state index in [1.807, 2.05) is 37.3 Å². The number of fused-ring (bicyclic) bond motifs is 1. The van der Waals surface area contributed by atoms with E-state index in [1.54, 1.807) is 0 Å². The molecular weight excluding hydrogens is 290 g/mol.